The van der Waals surface area contributed by atoms with Crippen molar-refractivity contribution in [2.45, 2.75) is 25.0 Å². The summed E-state index contributed by atoms with van der Waals surface area (Å²) in [4.78, 5) is 22.4. The van der Waals surface area contributed by atoms with E-state index in [1.54, 1.807) is 0 Å². The number of amides is 1. The molecule has 0 aliphatic carbocycles. The van der Waals surface area contributed by atoms with E-state index in [4.69, 9.17) is 9.84 Å². The van der Waals surface area contributed by atoms with Crippen molar-refractivity contribution in [1.29, 1.82) is 0 Å². The molecule has 0 bridgehead atoms. The molecule has 104 valence electrons. The number of hydrogen-bond acceptors (Lipinski definition) is 3. The van der Waals surface area contributed by atoms with Crippen molar-refractivity contribution in [3.8, 4) is 11.8 Å². The second-order valence-electron chi connectivity index (χ2n) is 4.41. The molecule has 20 heavy (non-hydrogen) atoms. The first-order valence-corrected chi connectivity index (χ1v) is 6.36. The van der Waals surface area contributed by atoms with Gasteiger partial charge in [-0.1, -0.05) is 30.0 Å². The molecule has 1 amide bonds. The number of rotatable bonds is 3. The van der Waals surface area contributed by atoms with Crippen LogP contribution in [0.25, 0.3) is 0 Å². The molecule has 2 N–H and O–H groups in total. The van der Waals surface area contributed by atoms with E-state index < -0.39 is 18.2 Å². The average Bonchev–Trinajstić information content (AvgIpc) is 2.94. The van der Waals surface area contributed by atoms with Crippen molar-refractivity contribution in [2.75, 3.05) is 6.54 Å². The smallest absolute Gasteiger partial charge is 0.332 e. The summed E-state index contributed by atoms with van der Waals surface area (Å²) in [7, 11) is 0. The van der Waals surface area contributed by atoms with E-state index in [1.165, 1.54) is 0 Å². The fraction of sp³-hybridized carbons (Fsp3) is 0.333. The summed E-state index contributed by atoms with van der Waals surface area (Å²) >= 11 is 0. The van der Waals surface area contributed by atoms with Gasteiger partial charge >= 0.3 is 5.97 Å². The monoisotopic (exact) mass is 273 g/mol. The number of carbonyl (C=O) groups excluding carboxylic acids is 1. The van der Waals surface area contributed by atoms with Crippen LogP contribution in [-0.2, 0) is 14.3 Å². The molecule has 0 spiro atoms. The molecule has 0 unspecified atom stereocenters. The van der Waals surface area contributed by atoms with E-state index in [0.29, 0.717) is 12.8 Å². The topological polar surface area (TPSA) is 75.6 Å². The number of aliphatic carboxylic acids is 1. The number of hydrogen-bond donors (Lipinski definition) is 2. The highest BCUT2D eigenvalue weighted by Crippen LogP contribution is 2.19. The minimum atomic E-state index is -1.02. The Bertz CT molecular complexity index is 544. The van der Waals surface area contributed by atoms with Gasteiger partial charge in [0.05, 0.1) is 6.54 Å². The summed E-state index contributed by atoms with van der Waals surface area (Å²) in [6, 6.07) is 9.45. The summed E-state index contributed by atoms with van der Waals surface area (Å²) in [5.74, 6) is 4.42. The number of benzene rings is 1. The van der Waals surface area contributed by atoms with Crippen molar-refractivity contribution in [3.05, 3.63) is 35.9 Å². The lowest BCUT2D eigenvalue weighted by atomic mass is 10.2. The Morgan fingerprint density at radius 1 is 1.25 bits per heavy atom. The van der Waals surface area contributed by atoms with E-state index in [-0.39, 0.29) is 12.5 Å². The maximum absolute atomic E-state index is 11.7. The third-order valence-electron chi connectivity index (χ3n) is 2.94. The summed E-state index contributed by atoms with van der Waals surface area (Å²) in [5.41, 5.74) is 0.879. The molecule has 1 aromatic rings. The Labute approximate surface area is 116 Å². The Balaban J connectivity index is 1.77. The average molecular weight is 273 g/mol. The number of nitrogens with one attached hydrogen (secondary N) is 1. The largest absolute Gasteiger partial charge is 0.479 e. The van der Waals surface area contributed by atoms with E-state index in [1.807, 2.05) is 30.3 Å². The van der Waals surface area contributed by atoms with Crippen molar-refractivity contribution in [1.82, 2.24) is 5.32 Å². The molecule has 1 aliphatic rings. The third kappa shape index (κ3) is 3.84. The summed E-state index contributed by atoms with van der Waals surface area (Å²) < 4.78 is 5.14. The molecule has 0 saturated carbocycles. The number of ether oxygens (including phenoxy) is 1. The number of carboxylic acid groups (broad SMARTS) is 1. The molecular weight excluding hydrogens is 258 g/mol. The summed E-state index contributed by atoms with van der Waals surface area (Å²) in [5, 5.41) is 11.4. The second-order valence-corrected chi connectivity index (χ2v) is 4.41. The first-order chi connectivity index (χ1) is 9.66. The number of carboxylic acids is 1. The Kier molecular flexibility index (Phi) is 4.75. The van der Waals surface area contributed by atoms with E-state index in [2.05, 4.69) is 17.2 Å². The first-order valence-electron chi connectivity index (χ1n) is 6.36. The van der Waals surface area contributed by atoms with Gasteiger partial charge in [0, 0.05) is 5.56 Å². The Morgan fingerprint density at radius 2 is 1.95 bits per heavy atom. The zero-order chi connectivity index (χ0) is 14.4. The van der Waals surface area contributed by atoms with E-state index in [9.17, 15) is 9.59 Å². The zero-order valence-electron chi connectivity index (χ0n) is 10.8. The van der Waals surface area contributed by atoms with Gasteiger partial charge in [-0.25, -0.2) is 4.79 Å². The predicted molar refractivity (Wildman–Crippen MR) is 71.9 cm³/mol. The van der Waals surface area contributed by atoms with Gasteiger partial charge in [0.2, 0.25) is 5.91 Å². The minimum Gasteiger partial charge on any atom is -0.479 e. The van der Waals surface area contributed by atoms with Crippen molar-refractivity contribution in [3.63, 3.8) is 0 Å². The third-order valence-corrected chi connectivity index (χ3v) is 2.94. The molecule has 1 heterocycles. The van der Waals surface area contributed by atoms with Crippen LogP contribution < -0.4 is 5.32 Å². The molecule has 1 fully saturated rings. The van der Waals surface area contributed by atoms with Crippen LogP contribution in [-0.4, -0.2) is 35.7 Å². The van der Waals surface area contributed by atoms with Crippen LogP contribution in [0.15, 0.2) is 30.3 Å². The Morgan fingerprint density at radius 3 is 2.60 bits per heavy atom. The van der Waals surface area contributed by atoms with Crippen LogP contribution in [0.5, 0.6) is 0 Å². The van der Waals surface area contributed by atoms with Crippen LogP contribution in [0.1, 0.15) is 18.4 Å². The molecular formula is C15H15NO4. The van der Waals surface area contributed by atoms with Gasteiger partial charge in [0.25, 0.3) is 0 Å². The predicted octanol–water partition coefficient (Wildman–Crippen LogP) is 0.786. The van der Waals surface area contributed by atoms with Gasteiger partial charge < -0.3 is 15.2 Å². The minimum absolute atomic E-state index is 0.214. The molecule has 0 aromatic heterocycles. The lowest BCUT2D eigenvalue weighted by Gasteiger charge is -2.09. The molecule has 2 atom stereocenters. The van der Waals surface area contributed by atoms with E-state index in [0.717, 1.165) is 5.56 Å². The lowest BCUT2D eigenvalue weighted by Crippen LogP contribution is -2.35. The van der Waals surface area contributed by atoms with Crippen LogP contribution >= 0.6 is 0 Å². The highest BCUT2D eigenvalue weighted by molar-refractivity contribution is 5.82. The van der Waals surface area contributed by atoms with Crippen molar-refractivity contribution >= 4 is 11.9 Å². The fourth-order valence-electron chi connectivity index (χ4n) is 1.92. The first kappa shape index (κ1) is 14.1. The maximum Gasteiger partial charge on any atom is 0.332 e. The van der Waals surface area contributed by atoms with Crippen molar-refractivity contribution in [2.24, 2.45) is 0 Å². The van der Waals surface area contributed by atoms with Gasteiger partial charge in [-0.2, -0.15) is 0 Å². The van der Waals surface area contributed by atoms with Crippen LogP contribution in [0.4, 0.5) is 0 Å². The molecule has 1 saturated heterocycles. The second kappa shape index (κ2) is 6.73. The number of carbonyl (C=O) groups is 2. The highest BCUT2D eigenvalue weighted by Gasteiger charge is 2.34. The van der Waals surface area contributed by atoms with E-state index >= 15 is 0 Å². The van der Waals surface area contributed by atoms with Crippen molar-refractivity contribution < 1.29 is 19.4 Å². The molecule has 5 nitrogen and oxygen atoms in total. The SMILES string of the molecule is O=C(NCC#Cc1ccccc1)[C@@H]1CC[C@H](C(=O)O)O1. The van der Waals surface area contributed by atoms with Crippen LogP contribution in [0.2, 0.25) is 0 Å². The van der Waals surface area contributed by atoms with Gasteiger partial charge in [-0.15, -0.1) is 0 Å². The summed E-state index contributed by atoms with van der Waals surface area (Å²) in [6.07, 6.45) is -0.770. The van der Waals surface area contributed by atoms with Crippen LogP contribution in [0, 0.1) is 11.8 Å². The maximum atomic E-state index is 11.7. The molecule has 1 aromatic carbocycles. The fourth-order valence-corrected chi connectivity index (χ4v) is 1.92. The zero-order valence-corrected chi connectivity index (χ0v) is 10.8. The standard InChI is InChI=1S/C15H15NO4/c17-14(12-8-9-13(20-12)15(18)19)16-10-4-7-11-5-2-1-3-6-11/h1-3,5-6,12-13H,8-10H2,(H,16,17)(H,18,19)/t12-,13+/m0/s1. The van der Waals surface area contributed by atoms with Crippen LogP contribution in [0.3, 0.4) is 0 Å². The molecule has 1 aliphatic heterocycles. The van der Waals surface area contributed by atoms with Gasteiger partial charge in [0.1, 0.15) is 6.10 Å². The lowest BCUT2D eigenvalue weighted by molar-refractivity contribution is -0.151. The summed E-state index contributed by atoms with van der Waals surface area (Å²) in [6.45, 7) is 0.214. The van der Waals surface area contributed by atoms with Gasteiger partial charge in [0.15, 0.2) is 6.10 Å². The highest BCUT2D eigenvalue weighted by atomic mass is 16.5. The van der Waals surface area contributed by atoms with Gasteiger partial charge in [-0.05, 0) is 25.0 Å². The molecule has 2 rings (SSSR count). The van der Waals surface area contributed by atoms with Gasteiger partial charge in [-0.3, -0.25) is 4.79 Å². The molecule has 0 radical (unpaired) electrons. The quantitative estimate of drug-likeness (QED) is 0.798. The Hall–Kier alpha value is -2.32. The normalized spacial score (nSPS) is 20.8. The molecule has 5 heteroatoms.